The Morgan fingerprint density at radius 1 is 0.919 bits per heavy atom. The van der Waals surface area contributed by atoms with Crippen molar-refractivity contribution in [3.8, 4) is 5.69 Å². The van der Waals surface area contributed by atoms with Gasteiger partial charge in [0.15, 0.2) is 0 Å². The summed E-state index contributed by atoms with van der Waals surface area (Å²) in [6.45, 7) is 1.98. The minimum atomic E-state index is -4.45. The van der Waals surface area contributed by atoms with Gasteiger partial charge >= 0.3 is 6.18 Å². The highest BCUT2D eigenvalue weighted by Gasteiger charge is 2.31. The molecule has 4 aromatic rings. The van der Waals surface area contributed by atoms with Crippen LogP contribution in [0.3, 0.4) is 0 Å². The average Bonchev–Trinajstić information content (AvgIpc) is 3.17. The summed E-state index contributed by atoms with van der Waals surface area (Å²) in [6.07, 6.45) is -3.80. The minimum absolute atomic E-state index is 0. The van der Waals surface area contributed by atoms with Crippen molar-refractivity contribution in [3.63, 3.8) is 0 Å². The summed E-state index contributed by atoms with van der Waals surface area (Å²) in [4.78, 5) is 2.21. The molecule has 9 heteroatoms. The van der Waals surface area contributed by atoms with Crippen molar-refractivity contribution in [1.82, 2.24) is 9.47 Å². The third kappa shape index (κ3) is 5.66. The van der Waals surface area contributed by atoms with E-state index in [1.165, 1.54) is 36.4 Å². The molecule has 0 radical (unpaired) electrons. The van der Waals surface area contributed by atoms with Gasteiger partial charge in [-0.05, 0) is 85.1 Å². The largest absolute Gasteiger partial charge is 0.416 e. The van der Waals surface area contributed by atoms with Crippen molar-refractivity contribution in [3.05, 3.63) is 101 Å². The molecule has 0 saturated carbocycles. The highest BCUT2D eigenvalue weighted by Crippen LogP contribution is 2.35. The molecule has 1 aromatic heterocycles. The van der Waals surface area contributed by atoms with Crippen molar-refractivity contribution in [2.75, 3.05) is 13.1 Å². The van der Waals surface area contributed by atoms with E-state index in [0.29, 0.717) is 32.4 Å². The predicted molar refractivity (Wildman–Crippen MR) is 135 cm³/mol. The van der Waals surface area contributed by atoms with Crippen LogP contribution in [0, 0.1) is 11.6 Å². The molecule has 0 spiro atoms. The van der Waals surface area contributed by atoms with Crippen molar-refractivity contribution >= 4 is 23.3 Å². The maximum Gasteiger partial charge on any atom is 0.416 e. The first-order valence-electron chi connectivity index (χ1n) is 11.9. The van der Waals surface area contributed by atoms with E-state index in [-0.39, 0.29) is 29.6 Å². The smallest absolute Gasteiger partial charge is 0.388 e. The Morgan fingerprint density at radius 2 is 1.65 bits per heavy atom. The molecule has 5 rings (SSSR count). The zero-order chi connectivity index (χ0) is 25.4. The van der Waals surface area contributed by atoms with Crippen molar-refractivity contribution in [1.29, 1.82) is 0 Å². The molecule has 1 unspecified atom stereocenters. The summed E-state index contributed by atoms with van der Waals surface area (Å²) in [7, 11) is 0. The summed E-state index contributed by atoms with van der Waals surface area (Å²) in [5.41, 5.74) is 3.22. The van der Waals surface area contributed by atoms with Gasteiger partial charge in [-0.15, -0.1) is 12.4 Å². The summed E-state index contributed by atoms with van der Waals surface area (Å²) in [5, 5.41) is 11.3. The molecule has 37 heavy (non-hydrogen) atoms. The van der Waals surface area contributed by atoms with Crippen LogP contribution >= 0.6 is 12.4 Å². The lowest BCUT2D eigenvalue weighted by Gasteiger charge is -2.28. The number of aliphatic hydroxyl groups is 1. The minimum Gasteiger partial charge on any atom is -0.388 e. The molecule has 0 amide bonds. The van der Waals surface area contributed by atoms with Crippen LogP contribution in [0.15, 0.2) is 66.7 Å². The Labute approximate surface area is 217 Å². The van der Waals surface area contributed by atoms with Crippen molar-refractivity contribution < 1.29 is 27.1 Å². The van der Waals surface area contributed by atoms with Gasteiger partial charge in [0.05, 0.1) is 17.2 Å². The number of halogens is 6. The first kappa shape index (κ1) is 27.1. The van der Waals surface area contributed by atoms with Crippen LogP contribution < -0.4 is 0 Å². The van der Waals surface area contributed by atoms with Crippen LogP contribution in [0.2, 0.25) is 0 Å². The van der Waals surface area contributed by atoms with Gasteiger partial charge in [0, 0.05) is 36.3 Å². The number of rotatable bonds is 6. The molecule has 1 aliphatic rings. The SMILES string of the molecule is Cl.OC(CCCN1CCc2c(c3cc(F)ccc3n2-c2ccc(F)cc2)C1)c1cccc(C(F)(F)F)c1. The second-order valence-corrected chi connectivity index (χ2v) is 9.21. The van der Waals surface area contributed by atoms with Crippen LogP contribution in [-0.4, -0.2) is 27.7 Å². The number of benzene rings is 3. The lowest BCUT2D eigenvalue weighted by molar-refractivity contribution is -0.137. The second-order valence-electron chi connectivity index (χ2n) is 9.21. The van der Waals surface area contributed by atoms with E-state index >= 15 is 0 Å². The van der Waals surface area contributed by atoms with Crippen LogP contribution in [0.25, 0.3) is 16.6 Å². The fourth-order valence-corrected chi connectivity index (χ4v) is 5.06. The Hall–Kier alpha value is -2.94. The molecule has 1 N–H and O–H groups in total. The van der Waals surface area contributed by atoms with Gasteiger partial charge < -0.3 is 9.67 Å². The van der Waals surface area contributed by atoms with Crippen molar-refractivity contribution in [2.24, 2.45) is 0 Å². The number of fused-ring (bicyclic) bond motifs is 3. The van der Waals surface area contributed by atoms with Crippen LogP contribution in [-0.2, 0) is 19.1 Å². The van der Waals surface area contributed by atoms with Crippen LogP contribution in [0.1, 0.15) is 41.3 Å². The maximum atomic E-state index is 14.2. The number of nitrogens with zero attached hydrogens (tertiary/aromatic N) is 2. The second kappa shape index (κ2) is 10.8. The van der Waals surface area contributed by atoms with E-state index < -0.39 is 17.8 Å². The number of hydrogen-bond donors (Lipinski definition) is 1. The first-order chi connectivity index (χ1) is 17.2. The van der Waals surface area contributed by atoms with Gasteiger partial charge in [-0.3, -0.25) is 4.90 Å². The van der Waals surface area contributed by atoms with Gasteiger partial charge in [0.2, 0.25) is 0 Å². The van der Waals surface area contributed by atoms with Gasteiger partial charge in [-0.1, -0.05) is 12.1 Å². The summed E-state index contributed by atoms with van der Waals surface area (Å²) in [5.74, 6) is -0.656. The predicted octanol–water partition coefficient (Wildman–Crippen LogP) is 7.22. The lowest BCUT2D eigenvalue weighted by atomic mass is 10.0. The highest BCUT2D eigenvalue weighted by molar-refractivity contribution is 5.87. The third-order valence-electron chi connectivity index (χ3n) is 6.82. The van der Waals surface area contributed by atoms with E-state index in [4.69, 9.17) is 0 Å². The number of alkyl halides is 3. The van der Waals surface area contributed by atoms with Gasteiger partial charge in [0.1, 0.15) is 11.6 Å². The fourth-order valence-electron chi connectivity index (χ4n) is 5.06. The molecule has 0 saturated heterocycles. The fraction of sp³-hybridized carbons (Fsp3) is 0.286. The summed E-state index contributed by atoms with van der Waals surface area (Å²) < 4.78 is 68.7. The Bertz CT molecular complexity index is 1380. The Kier molecular flexibility index (Phi) is 7.92. The molecule has 1 atom stereocenters. The van der Waals surface area contributed by atoms with Crippen molar-refractivity contribution in [2.45, 2.75) is 38.1 Å². The monoisotopic (exact) mass is 536 g/mol. The molecule has 3 aromatic carbocycles. The van der Waals surface area contributed by atoms with Gasteiger partial charge in [-0.2, -0.15) is 13.2 Å². The van der Waals surface area contributed by atoms with E-state index in [0.717, 1.165) is 46.5 Å². The topological polar surface area (TPSA) is 28.4 Å². The zero-order valence-electron chi connectivity index (χ0n) is 19.8. The average molecular weight is 537 g/mol. The molecular formula is C28H26ClF5N2O. The molecule has 2 heterocycles. The lowest BCUT2D eigenvalue weighted by Crippen LogP contribution is -2.32. The standard InChI is InChI=1S/C28H25F5N2O.ClH/c29-20-6-9-22(10-7-20)35-25-11-8-21(30)16-23(25)24-17-34(14-12-26(24)35)13-2-5-27(36)18-3-1-4-19(15-18)28(31,32)33;/h1,3-4,6-11,15-16,27,36H,2,5,12-14,17H2;1H. The molecule has 3 nitrogen and oxygen atoms in total. The quantitative estimate of drug-likeness (QED) is 0.263. The normalized spacial score (nSPS) is 14.9. The number of aromatic nitrogens is 1. The van der Waals surface area contributed by atoms with E-state index in [2.05, 4.69) is 9.47 Å². The summed E-state index contributed by atoms with van der Waals surface area (Å²) >= 11 is 0. The van der Waals surface area contributed by atoms with Crippen LogP contribution in [0.5, 0.6) is 0 Å². The number of hydrogen-bond acceptors (Lipinski definition) is 2. The van der Waals surface area contributed by atoms with Gasteiger partial charge in [0.25, 0.3) is 0 Å². The van der Waals surface area contributed by atoms with E-state index in [1.807, 2.05) is 0 Å². The molecule has 1 aliphatic heterocycles. The molecule has 0 fully saturated rings. The van der Waals surface area contributed by atoms with E-state index in [9.17, 15) is 27.1 Å². The molecular weight excluding hydrogens is 511 g/mol. The summed E-state index contributed by atoms with van der Waals surface area (Å²) in [6, 6.07) is 15.7. The maximum absolute atomic E-state index is 14.2. The molecule has 0 bridgehead atoms. The first-order valence-corrected chi connectivity index (χ1v) is 11.9. The Balaban J connectivity index is 0.00000320. The molecule has 0 aliphatic carbocycles. The highest BCUT2D eigenvalue weighted by atomic mass is 35.5. The molecule has 196 valence electrons. The van der Waals surface area contributed by atoms with E-state index in [1.54, 1.807) is 18.2 Å². The Morgan fingerprint density at radius 3 is 2.38 bits per heavy atom. The number of aliphatic hydroxyl groups excluding tert-OH is 1. The van der Waals surface area contributed by atoms with Crippen LogP contribution in [0.4, 0.5) is 22.0 Å². The zero-order valence-corrected chi connectivity index (χ0v) is 20.6. The van der Waals surface area contributed by atoms with Gasteiger partial charge in [-0.25, -0.2) is 8.78 Å². The third-order valence-corrected chi connectivity index (χ3v) is 6.82.